The van der Waals surface area contributed by atoms with Gasteiger partial charge in [0.15, 0.2) is 0 Å². The summed E-state index contributed by atoms with van der Waals surface area (Å²) in [4.78, 5) is 18.4. The Hall–Kier alpha value is -2.76. The standard InChI is InChI=1S/C21H15Cl2N5.C2H6/c1-28-17-8-7-16-13(3-2-10-24-16)19(17)27-18(28)9-4-12-11-25-20-14(22)5-6-15(23)21(20)26-12;1-2/h2-3,5-8,10-11H,4,9H2,1H3;1-2H3. The van der Waals surface area contributed by atoms with E-state index in [1.165, 1.54) is 0 Å². The Kier molecular flexibility index (Phi) is 5.84. The summed E-state index contributed by atoms with van der Waals surface area (Å²) in [5, 5.41) is 2.17. The second kappa shape index (κ2) is 8.54. The van der Waals surface area contributed by atoms with Gasteiger partial charge < -0.3 is 4.57 Å². The van der Waals surface area contributed by atoms with Gasteiger partial charge in [-0.1, -0.05) is 37.0 Å². The predicted molar refractivity (Wildman–Crippen MR) is 124 cm³/mol. The van der Waals surface area contributed by atoms with Crippen LogP contribution in [0.2, 0.25) is 10.0 Å². The molecule has 7 heteroatoms. The molecule has 0 aliphatic carbocycles. The van der Waals surface area contributed by atoms with Gasteiger partial charge in [0.1, 0.15) is 16.9 Å². The predicted octanol–water partition coefficient (Wildman–Crippen LogP) is 6.18. The third-order valence-electron chi connectivity index (χ3n) is 4.98. The Bertz CT molecular complexity index is 1360. The van der Waals surface area contributed by atoms with Gasteiger partial charge in [-0.2, -0.15) is 0 Å². The second-order valence-electron chi connectivity index (χ2n) is 6.68. The van der Waals surface area contributed by atoms with Gasteiger partial charge in [-0.05, 0) is 42.8 Å². The summed E-state index contributed by atoms with van der Waals surface area (Å²) in [5.74, 6) is 0.991. The molecular formula is C23H21Cl2N5. The van der Waals surface area contributed by atoms with Crippen molar-refractivity contribution in [2.24, 2.45) is 7.05 Å². The monoisotopic (exact) mass is 437 g/mol. The highest BCUT2D eigenvalue weighted by Crippen LogP contribution is 2.27. The molecule has 0 radical (unpaired) electrons. The third kappa shape index (κ3) is 3.59. The Labute approximate surface area is 184 Å². The number of aromatic nitrogens is 5. The second-order valence-corrected chi connectivity index (χ2v) is 7.49. The molecule has 0 aliphatic heterocycles. The lowest BCUT2D eigenvalue weighted by molar-refractivity contribution is 0.776. The van der Waals surface area contributed by atoms with Crippen molar-refractivity contribution in [1.29, 1.82) is 0 Å². The largest absolute Gasteiger partial charge is 0.331 e. The van der Waals surface area contributed by atoms with Crippen LogP contribution in [0.4, 0.5) is 0 Å². The fraction of sp³-hybridized carbons (Fsp3) is 0.217. The van der Waals surface area contributed by atoms with Gasteiger partial charge >= 0.3 is 0 Å². The highest BCUT2D eigenvalue weighted by Gasteiger charge is 2.13. The summed E-state index contributed by atoms with van der Waals surface area (Å²) in [6.45, 7) is 4.00. The van der Waals surface area contributed by atoms with Gasteiger partial charge in [-0.15, -0.1) is 0 Å². The molecule has 0 N–H and O–H groups in total. The van der Waals surface area contributed by atoms with Crippen LogP contribution >= 0.6 is 23.2 Å². The number of imidazole rings is 1. The zero-order valence-electron chi connectivity index (χ0n) is 17.0. The Morgan fingerprint density at radius 1 is 0.833 bits per heavy atom. The molecule has 0 atom stereocenters. The lowest BCUT2D eigenvalue weighted by atomic mass is 10.2. The van der Waals surface area contributed by atoms with Crippen molar-refractivity contribution in [1.82, 2.24) is 24.5 Å². The molecule has 0 unspecified atom stereocenters. The number of pyridine rings is 1. The van der Waals surface area contributed by atoms with Gasteiger partial charge in [0.2, 0.25) is 0 Å². The molecule has 5 rings (SSSR count). The van der Waals surface area contributed by atoms with Crippen LogP contribution in [0, 0.1) is 0 Å². The SMILES string of the molecule is CC.Cn1c(CCc2cnc3c(Cl)ccc(Cl)c3n2)nc2c3cccnc3ccc21. The number of rotatable bonds is 3. The molecule has 0 spiro atoms. The van der Waals surface area contributed by atoms with E-state index in [0.717, 1.165) is 39.9 Å². The number of hydrogen-bond donors (Lipinski definition) is 0. The van der Waals surface area contributed by atoms with Crippen molar-refractivity contribution in [3.63, 3.8) is 0 Å². The Morgan fingerprint density at radius 2 is 1.60 bits per heavy atom. The van der Waals surface area contributed by atoms with Gasteiger partial charge in [0.05, 0.1) is 32.3 Å². The smallest absolute Gasteiger partial charge is 0.110 e. The van der Waals surface area contributed by atoms with Crippen LogP contribution in [0.3, 0.4) is 0 Å². The summed E-state index contributed by atoms with van der Waals surface area (Å²) in [5.41, 5.74) is 5.13. The maximum absolute atomic E-state index is 6.27. The van der Waals surface area contributed by atoms with Gasteiger partial charge in [0.25, 0.3) is 0 Å². The Morgan fingerprint density at radius 3 is 2.40 bits per heavy atom. The molecule has 0 fully saturated rings. The van der Waals surface area contributed by atoms with Crippen molar-refractivity contribution in [3.05, 3.63) is 70.4 Å². The summed E-state index contributed by atoms with van der Waals surface area (Å²) < 4.78 is 2.13. The van der Waals surface area contributed by atoms with E-state index in [9.17, 15) is 0 Å². The van der Waals surface area contributed by atoms with Crippen LogP contribution in [0.15, 0.2) is 48.8 Å². The third-order valence-corrected chi connectivity index (χ3v) is 5.59. The summed E-state index contributed by atoms with van der Waals surface area (Å²) in [6, 6.07) is 11.6. The molecule has 0 saturated heterocycles. The van der Waals surface area contributed by atoms with Crippen LogP contribution in [0.5, 0.6) is 0 Å². The minimum atomic E-state index is 0.550. The van der Waals surface area contributed by atoms with Crippen molar-refractivity contribution >= 4 is 56.2 Å². The van der Waals surface area contributed by atoms with Crippen LogP contribution in [-0.4, -0.2) is 24.5 Å². The first-order chi connectivity index (χ1) is 14.6. The zero-order valence-corrected chi connectivity index (χ0v) is 18.5. The average Bonchev–Trinajstić information content (AvgIpc) is 3.12. The van der Waals surface area contributed by atoms with Gasteiger partial charge in [0, 0.05) is 31.2 Å². The van der Waals surface area contributed by atoms with Crippen molar-refractivity contribution < 1.29 is 0 Å². The highest BCUT2D eigenvalue weighted by atomic mass is 35.5. The summed E-state index contributed by atoms with van der Waals surface area (Å²) in [6.07, 6.45) is 5.00. The quantitative estimate of drug-likeness (QED) is 0.337. The van der Waals surface area contributed by atoms with E-state index in [1.54, 1.807) is 24.5 Å². The summed E-state index contributed by atoms with van der Waals surface area (Å²) >= 11 is 12.5. The van der Waals surface area contributed by atoms with Crippen LogP contribution in [0.25, 0.3) is 33.0 Å². The highest BCUT2D eigenvalue weighted by molar-refractivity contribution is 6.39. The van der Waals surface area contributed by atoms with E-state index in [1.807, 2.05) is 33.0 Å². The first kappa shape index (κ1) is 20.5. The van der Waals surface area contributed by atoms with Crippen LogP contribution in [0.1, 0.15) is 25.4 Å². The molecule has 2 aromatic carbocycles. The average molecular weight is 438 g/mol. The number of nitrogens with zero attached hydrogens (tertiary/aromatic N) is 5. The molecular weight excluding hydrogens is 417 g/mol. The number of fused-ring (bicyclic) bond motifs is 4. The maximum Gasteiger partial charge on any atom is 0.110 e. The number of halogens is 2. The van der Waals surface area contributed by atoms with E-state index >= 15 is 0 Å². The molecule has 0 bridgehead atoms. The number of aryl methyl sites for hydroxylation is 3. The van der Waals surface area contributed by atoms with E-state index in [2.05, 4.69) is 31.7 Å². The van der Waals surface area contributed by atoms with Crippen molar-refractivity contribution in [3.8, 4) is 0 Å². The molecule has 5 nitrogen and oxygen atoms in total. The minimum Gasteiger partial charge on any atom is -0.331 e. The van der Waals surface area contributed by atoms with Crippen molar-refractivity contribution in [2.75, 3.05) is 0 Å². The maximum atomic E-state index is 6.27. The number of hydrogen-bond acceptors (Lipinski definition) is 4. The molecule has 5 aromatic rings. The topological polar surface area (TPSA) is 56.5 Å². The van der Waals surface area contributed by atoms with Gasteiger partial charge in [-0.3, -0.25) is 9.97 Å². The fourth-order valence-electron chi connectivity index (χ4n) is 3.51. The first-order valence-electron chi connectivity index (χ1n) is 9.90. The minimum absolute atomic E-state index is 0.550. The van der Waals surface area contributed by atoms with Gasteiger partial charge in [-0.25, -0.2) is 9.97 Å². The van der Waals surface area contributed by atoms with E-state index in [-0.39, 0.29) is 0 Å². The first-order valence-corrected chi connectivity index (χ1v) is 10.7. The lowest BCUT2D eigenvalue weighted by Gasteiger charge is -2.05. The fourth-order valence-corrected chi connectivity index (χ4v) is 3.91. The molecule has 0 amide bonds. The molecule has 30 heavy (non-hydrogen) atoms. The molecule has 3 heterocycles. The van der Waals surface area contributed by atoms with E-state index in [0.29, 0.717) is 27.5 Å². The summed E-state index contributed by atoms with van der Waals surface area (Å²) in [7, 11) is 2.04. The molecule has 0 saturated carbocycles. The molecule has 0 aliphatic rings. The normalized spacial score (nSPS) is 11.1. The molecule has 3 aromatic heterocycles. The zero-order chi connectivity index (χ0) is 21.3. The van der Waals surface area contributed by atoms with Crippen molar-refractivity contribution in [2.45, 2.75) is 26.7 Å². The van der Waals surface area contributed by atoms with Crippen LogP contribution < -0.4 is 0 Å². The lowest BCUT2D eigenvalue weighted by Crippen LogP contribution is -2.02. The van der Waals surface area contributed by atoms with E-state index < -0.39 is 0 Å². The number of benzene rings is 2. The van der Waals surface area contributed by atoms with Crippen LogP contribution in [-0.2, 0) is 19.9 Å². The Balaban J connectivity index is 0.00000106. The van der Waals surface area contributed by atoms with E-state index in [4.69, 9.17) is 28.2 Å². The molecule has 152 valence electrons.